The zero-order chi connectivity index (χ0) is 15.1. The maximum atomic E-state index is 11.7. The SMILES string of the molecule is COCCNC(=O)CN1CCN(c2ccc(O)cc2)CC1. The van der Waals surface area contributed by atoms with Crippen molar-refractivity contribution in [2.45, 2.75) is 0 Å². The minimum absolute atomic E-state index is 0.0464. The fourth-order valence-corrected chi connectivity index (χ4v) is 2.38. The lowest BCUT2D eigenvalue weighted by Crippen LogP contribution is -2.49. The molecule has 1 heterocycles. The number of methoxy groups -OCH3 is 1. The van der Waals surface area contributed by atoms with Gasteiger partial charge in [0.15, 0.2) is 0 Å². The second-order valence-corrected chi connectivity index (χ2v) is 5.12. The summed E-state index contributed by atoms with van der Waals surface area (Å²) >= 11 is 0. The molecular weight excluding hydrogens is 270 g/mol. The lowest BCUT2D eigenvalue weighted by Gasteiger charge is -2.35. The molecule has 1 fully saturated rings. The number of benzene rings is 1. The first-order chi connectivity index (χ1) is 10.2. The average Bonchev–Trinajstić information content (AvgIpc) is 2.49. The van der Waals surface area contributed by atoms with Crippen LogP contribution in [0.3, 0.4) is 0 Å². The Kier molecular flexibility index (Phi) is 5.83. The number of carbonyl (C=O) groups is 1. The predicted octanol–water partition coefficient (Wildman–Crippen LogP) is 0.277. The van der Waals surface area contributed by atoms with E-state index in [0.717, 1.165) is 31.9 Å². The molecule has 1 amide bonds. The van der Waals surface area contributed by atoms with E-state index < -0.39 is 0 Å². The molecule has 0 aliphatic carbocycles. The van der Waals surface area contributed by atoms with Gasteiger partial charge in [-0.05, 0) is 24.3 Å². The minimum atomic E-state index is 0.0464. The van der Waals surface area contributed by atoms with Crippen molar-refractivity contribution < 1.29 is 14.6 Å². The van der Waals surface area contributed by atoms with Crippen LogP contribution in [0, 0.1) is 0 Å². The molecule has 1 aromatic carbocycles. The highest BCUT2D eigenvalue weighted by Gasteiger charge is 2.18. The topological polar surface area (TPSA) is 65.0 Å². The molecule has 1 saturated heterocycles. The van der Waals surface area contributed by atoms with Crippen molar-refractivity contribution in [1.29, 1.82) is 0 Å². The van der Waals surface area contributed by atoms with Gasteiger partial charge in [-0.2, -0.15) is 0 Å². The number of hydrogen-bond donors (Lipinski definition) is 2. The Morgan fingerprint density at radius 3 is 2.52 bits per heavy atom. The lowest BCUT2D eigenvalue weighted by molar-refractivity contribution is -0.122. The van der Waals surface area contributed by atoms with Crippen molar-refractivity contribution in [2.24, 2.45) is 0 Å². The number of nitrogens with zero attached hydrogens (tertiary/aromatic N) is 2. The summed E-state index contributed by atoms with van der Waals surface area (Å²) in [6.07, 6.45) is 0. The van der Waals surface area contributed by atoms with Crippen molar-refractivity contribution in [2.75, 3.05) is 57.9 Å². The van der Waals surface area contributed by atoms with E-state index in [-0.39, 0.29) is 11.7 Å². The van der Waals surface area contributed by atoms with E-state index in [2.05, 4.69) is 15.1 Å². The first-order valence-electron chi connectivity index (χ1n) is 7.21. The molecular formula is C15H23N3O3. The van der Waals surface area contributed by atoms with Gasteiger partial charge in [0.25, 0.3) is 0 Å². The standard InChI is InChI=1S/C15H23N3O3/c1-21-11-6-16-15(20)12-17-7-9-18(10-8-17)13-2-4-14(19)5-3-13/h2-5,19H,6-12H2,1H3,(H,16,20). The first-order valence-corrected chi connectivity index (χ1v) is 7.21. The van der Waals surface area contributed by atoms with Crippen LogP contribution >= 0.6 is 0 Å². The van der Waals surface area contributed by atoms with Gasteiger partial charge in [-0.1, -0.05) is 0 Å². The van der Waals surface area contributed by atoms with Crippen LogP contribution in [0.5, 0.6) is 5.75 Å². The number of nitrogens with one attached hydrogen (secondary N) is 1. The summed E-state index contributed by atoms with van der Waals surface area (Å²) in [5, 5.41) is 12.1. The van der Waals surface area contributed by atoms with Gasteiger partial charge in [-0.25, -0.2) is 0 Å². The molecule has 116 valence electrons. The molecule has 1 aliphatic rings. The summed E-state index contributed by atoms with van der Waals surface area (Å²) in [5.41, 5.74) is 1.11. The van der Waals surface area contributed by atoms with Crippen LogP contribution < -0.4 is 10.2 Å². The Morgan fingerprint density at radius 1 is 1.24 bits per heavy atom. The highest BCUT2D eigenvalue weighted by Crippen LogP contribution is 2.19. The molecule has 0 unspecified atom stereocenters. The second kappa shape index (κ2) is 7.85. The van der Waals surface area contributed by atoms with Crippen LogP contribution in [-0.4, -0.2) is 68.9 Å². The summed E-state index contributed by atoms with van der Waals surface area (Å²) in [5.74, 6) is 0.329. The molecule has 0 atom stereocenters. The summed E-state index contributed by atoms with van der Waals surface area (Å²) in [7, 11) is 1.62. The number of carbonyl (C=O) groups excluding carboxylic acids is 1. The fraction of sp³-hybridized carbons (Fsp3) is 0.533. The van der Waals surface area contributed by atoms with Crippen LogP contribution in [0.1, 0.15) is 0 Å². The van der Waals surface area contributed by atoms with E-state index in [1.807, 2.05) is 12.1 Å². The maximum Gasteiger partial charge on any atom is 0.234 e. The summed E-state index contributed by atoms with van der Waals surface area (Å²) in [6.45, 7) is 5.03. The minimum Gasteiger partial charge on any atom is -0.508 e. The monoisotopic (exact) mass is 293 g/mol. The highest BCUT2D eigenvalue weighted by atomic mass is 16.5. The van der Waals surface area contributed by atoms with Crippen molar-refractivity contribution in [1.82, 2.24) is 10.2 Å². The number of rotatable bonds is 6. The van der Waals surface area contributed by atoms with Gasteiger partial charge >= 0.3 is 0 Å². The number of phenolic OH excluding ortho intramolecular Hbond substituents is 1. The molecule has 21 heavy (non-hydrogen) atoms. The second-order valence-electron chi connectivity index (χ2n) is 5.12. The van der Waals surface area contributed by atoms with Gasteiger partial charge in [0.1, 0.15) is 5.75 Å². The third kappa shape index (κ3) is 4.91. The van der Waals surface area contributed by atoms with Crippen molar-refractivity contribution >= 4 is 11.6 Å². The Bertz CT molecular complexity index is 442. The van der Waals surface area contributed by atoms with Gasteiger partial charge < -0.3 is 20.1 Å². The average molecular weight is 293 g/mol. The van der Waals surface area contributed by atoms with Gasteiger partial charge in [0.05, 0.1) is 13.2 Å². The van der Waals surface area contributed by atoms with Crippen LogP contribution in [0.25, 0.3) is 0 Å². The van der Waals surface area contributed by atoms with Crippen molar-refractivity contribution in [3.8, 4) is 5.75 Å². The van der Waals surface area contributed by atoms with Crippen molar-refractivity contribution in [3.05, 3.63) is 24.3 Å². The molecule has 0 aromatic heterocycles. The number of ether oxygens (including phenoxy) is 1. The van der Waals surface area contributed by atoms with Crippen LogP contribution in [-0.2, 0) is 9.53 Å². The number of piperazine rings is 1. The normalized spacial score (nSPS) is 16.0. The zero-order valence-electron chi connectivity index (χ0n) is 12.4. The third-order valence-electron chi connectivity index (χ3n) is 3.58. The third-order valence-corrected chi connectivity index (χ3v) is 3.58. The van der Waals surface area contributed by atoms with Gasteiger partial charge in [-0.3, -0.25) is 9.69 Å². The van der Waals surface area contributed by atoms with E-state index in [1.165, 1.54) is 0 Å². The fourth-order valence-electron chi connectivity index (χ4n) is 2.38. The largest absolute Gasteiger partial charge is 0.508 e. The molecule has 0 saturated carbocycles. The molecule has 1 aromatic rings. The Morgan fingerprint density at radius 2 is 1.90 bits per heavy atom. The van der Waals surface area contributed by atoms with Crippen LogP contribution in [0.4, 0.5) is 5.69 Å². The van der Waals surface area contributed by atoms with Crippen LogP contribution in [0.15, 0.2) is 24.3 Å². The highest BCUT2D eigenvalue weighted by molar-refractivity contribution is 5.78. The number of amides is 1. The number of anilines is 1. The zero-order valence-corrected chi connectivity index (χ0v) is 12.4. The molecule has 0 spiro atoms. The summed E-state index contributed by atoms with van der Waals surface area (Å²) < 4.78 is 4.90. The molecule has 2 rings (SSSR count). The lowest BCUT2D eigenvalue weighted by atomic mass is 10.2. The molecule has 6 heteroatoms. The summed E-state index contributed by atoms with van der Waals surface area (Å²) in [6, 6.07) is 7.24. The molecule has 0 bridgehead atoms. The molecule has 1 aliphatic heterocycles. The van der Waals surface area contributed by atoms with E-state index >= 15 is 0 Å². The number of aromatic hydroxyl groups is 1. The van der Waals surface area contributed by atoms with Gasteiger partial charge in [0, 0.05) is 45.5 Å². The first kappa shape index (κ1) is 15.6. The van der Waals surface area contributed by atoms with E-state index in [9.17, 15) is 9.90 Å². The Hall–Kier alpha value is -1.79. The Labute approximate surface area is 125 Å². The van der Waals surface area contributed by atoms with Crippen molar-refractivity contribution in [3.63, 3.8) is 0 Å². The van der Waals surface area contributed by atoms with Crippen LogP contribution in [0.2, 0.25) is 0 Å². The van der Waals surface area contributed by atoms with E-state index in [1.54, 1.807) is 19.2 Å². The molecule has 6 nitrogen and oxygen atoms in total. The maximum absolute atomic E-state index is 11.7. The van der Waals surface area contributed by atoms with Gasteiger partial charge in [0.2, 0.25) is 5.91 Å². The smallest absolute Gasteiger partial charge is 0.234 e. The Balaban J connectivity index is 1.73. The molecule has 2 N–H and O–H groups in total. The number of phenols is 1. The van der Waals surface area contributed by atoms with E-state index in [4.69, 9.17) is 4.74 Å². The van der Waals surface area contributed by atoms with Gasteiger partial charge in [-0.15, -0.1) is 0 Å². The van der Waals surface area contributed by atoms with E-state index in [0.29, 0.717) is 19.7 Å². The molecule has 0 radical (unpaired) electrons. The predicted molar refractivity (Wildman–Crippen MR) is 81.6 cm³/mol. The number of hydrogen-bond acceptors (Lipinski definition) is 5. The quantitative estimate of drug-likeness (QED) is 0.738. The summed E-state index contributed by atoms with van der Waals surface area (Å²) in [4.78, 5) is 16.1.